The van der Waals surface area contributed by atoms with Gasteiger partial charge in [-0.15, -0.1) is 0 Å². The number of aliphatic hydroxyl groups excluding tert-OH is 1. The molecule has 4 saturated heterocycles. The second kappa shape index (κ2) is 16.6. The molecule has 4 fully saturated rings. The smallest absolute Gasteiger partial charge is 0.408 e. The summed E-state index contributed by atoms with van der Waals surface area (Å²) >= 11 is 0. The molecule has 3 N–H and O–H groups in total. The van der Waals surface area contributed by atoms with E-state index in [-0.39, 0.29) is 29.9 Å². The van der Waals surface area contributed by atoms with Crippen LogP contribution in [0, 0.1) is 17.8 Å². The molecule has 13 heteroatoms. The minimum Gasteiger partial charge on any atom is -0.458 e. The number of ketones is 1. The molecular weight excluding hydrogens is 632 g/mol. The van der Waals surface area contributed by atoms with Gasteiger partial charge in [-0.1, -0.05) is 27.2 Å². The van der Waals surface area contributed by atoms with Gasteiger partial charge >= 0.3 is 12.1 Å². The fourth-order valence-electron chi connectivity index (χ4n) is 8.57. The number of Topliss-reactive ketones (excluding diaryl/α,β-unsaturated/α-hetero) is 1. The maximum atomic E-state index is 14.3. The molecule has 0 bridgehead atoms. The Bertz CT molecular complexity index is 1140. The number of rotatable bonds is 7. The maximum Gasteiger partial charge on any atom is 0.408 e. The third-order valence-electron chi connectivity index (χ3n) is 11.6. The summed E-state index contributed by atoms with van der Waals surface area (Å²) < 4.78 is 31.4. The van der Waals surface area contributed by atoms with Crippen LogP contribution in [0.1, 0.15) is 87.0 Å². The number of piperidine rings is 1. The number of fused-ring (bicyclic) bond motifs is 1. The largest absolute Gasteiger partial charge is 0.458 e. The van der Waals surface area contributed by atoms with Gasteiger partial charge in [0, 0.05) is 31.7 Å². The predicted molar refractivity (Wildman–Crippen MR) is 184 cm³/mol. The van der Waals surface area contributed by atoms with Crippen LogP contribution in [0.25, 0.3) is 0 Å². The molecule has 282 valence electrons. The quantitative estimate of drug-likeness (QED) is 0.266. The van der Waals surface area contributed by atoms with E-state index >= 15 is 0 Å². The van der Waals surface area contributed by atoms with Crippen molar-refractivity contribution < 1.29 is 43.2 Å². The molecule has 4 aliphatic rings. The molecular formula is C36H64N4O9. The van der Waals surface area contributed by atoms with E-state index in [9.17, 15) is 19.5 Å². The van der Waals surface area contributed by atoms with Gasteiger partial charge in [-0.05, 0) is 99.4 Å². The van der Waals surface area contributed by atoms with E-state index < -0.39 is 65.7 Å². The fourth-order valence-corrected chi connectivity index (χ4v) is 8.57. The van der Waals surface area contributed by atoms with E-state index in [1.54, 1.807) is 27.9 Å². The Morgan fingerprint density at radius 2 is 1.73 bits per heavy atom. The van der Waals surface area contributed by atoms with Crippen LogP contribution in [0.4, 0.5) is 4.79 Å². The van der Waals surface area contributed by atoms with E-state index in [4.69, 9.17) is 23.7 Å². The first-order valence-corrected chi connectivity index (χ1v) is 18.4. The number of alkyl carbamates (subject to hydrolysis) is 1. The van der Waals surface area contributed by atoms with Gasteiger partial charge in [0.15, 0.2) is 17.7 Å². The molecule has 4 aliphatic heterocycles. The zero-order chi connectivity index (χ0) is 36.3. The molecule has 4 heterocycles. The zero-order valence-corrected chi connectivity index (χ0v) is 31.5. The molecule has 49 heavy (non-hydrogen) atoms. The lowest BCUT2D eigenvalue weighted by Crippen LogP contribution is -2.60. The molecule has 0 spiro atoms. The molecule has 0 aromatic carbocycles. The van der Waals surface area contributed by atoms with Crippen LogP contribution in [-0.4, -0.2) is 140 Å². The van der Waals surface area contributed by atoms with E-state index in [0.29, 0.717) is 25.8 Å². The molecule has 1 amide bonds. The summed E-state index contributed by atoms with van der Waals surface area (Å²) in [6, 6.07) is -0.942. The lowest BCUT2D eigenvalue weighted by molar-refractivity contribution is -0.299. The Hall–Kier alpha value is -1.87. The van der Waals surface area contributed by atoms with Crippen molar-refractivity contribution in [1.29, 1.82) is 0 Å². The number of nitrogens with zero attached hydrogens (tertiary/aromatic N) is 2. The molecule has 0 saturated carbocycles. The third-order valence-corrected chi connectivity index (χ3v) is 11.6. The van der Waals surface area contributed by atoms with E-state index in [1.165, 1.54) is 6.42 Å². The van der Waals surface area contributed by atoms with Crippen molar-refractivity contribution in [2.24, 2.45) is 17.8 Å². The standard InChI is InChI=1S/C36H64N4O9/c1-11-27-36(7)30(38-34(44)49-36)24(5)37-19-21(2)18-35(6,45-10)31(22(3)28(41)23(4)32(43)47-27)48-33-29(42)26(39(8)9)17-25(46-33)20-40-15-13-12-14-16-40/h21-27,29-31,33,37,42H,11-20H2,1-10H3,(H,38,44)/t21-,22+,23-,24-,25+,26?,27+,29?,30-,31-,33+,35-,36-/m1/s1. The normalized spacial score (nSPS) is 43.6. The number of likely N-dealkylation sites (tertiary alicyclic amines) is 1. The van der Waals surface area contributed by atoms with Gasteiger partial charge in [-0.3, -0.25) is 9.59 Å². The van der Waals surface area contributed by atoms with Crippen LogP contribution in [-0.2, 0) is 33.3 Å². The SMILES string of the molecule is CC[C@@H]1OC(=O)[C@H](C)C(=O)[C@H](C)[C@@H](O[C@@H]2O[C@H](CN3CCCCC3)CC(N(C)C)C2O)[C@](C)(OC)C[C@@H](C)CN[C@H](C)[C@H]2NC(=O)O[C@]12C. The van der Waals surface area contributed by atoms with Gasteiger partial charge in [0.25, 0.3) is 0 Å². The Morgan fingerprint density at radius 3 is 2.35 bits per heavy atom. The van der Waals surface area contributed by atoms with Crippen LogP contribution in [0.5, 0.6) is 0 Å². The number of aliphatic hydroxyl groups is 1. The molecule has 0 aromatic heterocycles. The maximum absolute atomic E-state index is 14.3. The minimum atomic E-state index is -1.15. The average Bonchev–Trinajstić information content (AvgIpc) is 3.38. The van der Waals surface area contributed by atoms with Gasteiger partial charge in [0.05, 0.1) is 23.9 Å². The van der Waals surface area contributed by atoms with E-state index in [1.807, 2.05) is 39.8 Å². The highest BCUT2D eigenvalue weighted by atomic mass is 16.7. The first-order chi connectivity index (χ1) is 23.0. The van der Waals surface area contributed by atoms with Gasteiger partial charge in [0.2, 0.25) is 0 Å². The van der Waals surface area contributed by atoms with Crippen LogP contribution in [0.2, 0.25) is 0 Å². The van der Waals surface area contributed by atoms with Crippen molar-refractivity contribution in [1.82, 2.24) is 20.4 Å². The number of methoxy groups -OCH3 is 1. The highest BCUT2D eigenvalue weighted by Gasteiger charge is 2.55. The molecule has 0 aromatic rings. The summed E-state index contributed by atoms with van der Waals surface area (Å²) in [6.45, 7) is 16.2. The number of ether oxygens (including phenoxy) is 5. The summed E-state index contributed by atoms with van der Waals surface area (Å²) in [4.78, 5) is 44.9. The molecule has 13 atom stereocenters. The van der Waals surface area contributed by atoms with Crippen molar-refractivity contribution in [3.63, 3.8) is 0 Å². The molecule has 2 unspecified atom stereocenters. The molecule has 0 radical (unpaired) electrons. The number of hydrogen-bond acceptors (Lipinski definition) is 12. The highest BCUT2D eigenvalue weighted by Crippen LogP contribution is 2.38. The number of likely N-dealkylation sites (N-methyl/N-ethyl adjacent to an activating group) is 1. The summed E-state index contributed by atoms with van der Waals surface area (Å²) in [5.74, 6) is -3.01. The number of hydrogen-bond donors (Lipinski definition) is 3. The van der Waals surface area contributed by atoms with Crippen LogP contribution in [0.3, 0.4) is 0 Å². The van der Waals surface area contributed by atoms with Gasteiger partial charge in [-0.2, -0.15) is 0 Å². The lowest BCUT2D eigenvalue weighted by atomic mass is 9.78. The first kappa shape index (κ1) is 39.9. The van der Waals surface area contributed by atoms with Crippen LogP contribution >= 0.6 is 0 Å². The number of cyclic esters (lactones) is 1. The first-order valence-electron chi connectivity index (χ1n) is 18.4. The Morgan fingerprint density at radius 1 is 1.06 bits per heavy atom. The lowest BCUT2D eigenvalue weighted by Gasteiger charge is -2.47. The molecule has 4 rings (SSSR count). The van der Waals surface area contributed by atoms with Gasteiger partial charge < -0.3 is 49.2 Å². The number of carbonyl (C=O) groups excluding carboxylic acids is 3. The number of carbonyl (C=O) groups is 3. The van der Waals surface area contributed by atoms with Crippen molar-refractivity contribution in [2.75, 3.05) is 47.4 Å². The van der Waals surface area contributed by atoms with Crippen molar-refractivity contribution in [2.45, 2.75) is 147 Å². The van der Waals surface area contributed by atoms with Crippen LogP contribution < -0.4 is 10.6 Å². The Kier molecular flexibility index (Phi) is 13.6. The fraction of sp³-hybridized carbons (Fsp3) is 0.917. The van der Waals surface area contributed by atoms with Gasteiger partial charge in [-0.25, -0.2) is 4.79 Å². The summed E-state index contributed by atoms with van der Waals surface area (Å²) in [6.07, 6.45) is 0.670. The monoisotopic (exact) mass is 696 g/mol. The van der Waals surface area contributed by atoms with Crippen molar-refractivity contribution in [3.05, 3.63) is 0 Å². The molecule has 0 aliphatic carbocycles. The van der Waals surface area contributed by atoms with Crippen molar-refractivity contribution >= 4 is 17.8 Å². The third kappa shape index (κ3) is 8.96. The number of esters is 1. The summed E-state index contributed by atoms with van der Waals surface area (Å²) in [5.41, 5.74) is -2.16. The van der Waals surface area contributed by atoms with Gasteiger partial charge in [0.1, 0.15) is 18.1 Å². The summed E-state index contributed by atoms with van der Waals surface area (Å²) in [5, 5.41) is 18.1. The van der Waals surface area contributed by atoms with E-state index in [2.05, 4.69) is 22.5 Å². The Balaban J connectivity index is 1.67. The average molecular weight is 697 g/mol. The minimum absolute atomic E-state index is 0.0334. The van der Waals surface area contributed by atoms with E-state index in [0.717, 1.165) is 32.5 Å². The number of amides is 1. The Labute approximate surface area is 293 Å². The van der Waals surface area contributed by atoms with Crippen LogP contribution in [0.15, 0.2) is 0 Å². The number of nitrogens with one attached hydrogen (secondary N) is 2. The highest BCUT2D eigenvalue weighted by molar-refractivity contribution is 6.00. The second-order valence-electron chi connectivity index (χ2n) is 15.8. The second-order valence-corrected chi connectivity index (χ2v) is 15.8. The predicted octanol–water partition coefficient (Wildman–Crippen LogP) is 2.72. The summed E-state index contributed by atoms with van der Waals surface area (Å²) in [7, 11) is 5.49. The molecule has 13 nitrogen and oxygen atoms in total. The topological polar surface area (TPSA) is 148 Å². The van der Waals surface area contributed by atoms with Crippen molar-refractivity contribution in [3.8, 4) is 0 Å². The zero-order valence-electron chi connectivity index (χ0n) is 31.5.